The first-order chi connectivity index (χ1) is 12.5. The van der Waals surface area contributed by atoms with Gasteiger partial charge in [0, 0.05) is 30.1 Å². The molecule has 0 unspecified atom stereocenters. The lowest BCUT2D eigenvalue weighted by Crippen LogP contribution is -2.56. The number of pyridine rings is 2. The average molecular weight is 355 g/mol. The molecule has 7 nitrogen and oxygen atoms in total. The molecule has 1 saturated carbocycles. The minimum atomic E-state index is -0.0965. The van der Waals surface area contributed by atoms with Gasteiger partial charge in [0.05, 0.1) is 25.8 Å². The lowest BCUT2D eigenvalue weighted by Gasteiger charge is -2.39. The number of likely N-dealkylation sites (tertiary alicyclic amines) is 1. The van der Waals surface area contributed by atoms with Crippen molar-refractivity contribution in [3.8, 4) is 11.6 Å². The summed E-state index contributed by atoms with van der Waals surface area (Å²) in [6.07, 6.45) is 3.55. The van der Waals surface area contributed by atoms with Crippen molar-refractivity contribution in [1.29, 1.82) is 0 Å². The third kappa shape index (κ3) is 3.16. The zero-order chi connectivity index (χ0) is 18.3. The standard InChI is InChI=1S/C19H21N3O4/c1-12-7-15(8-18(23)22(12)14-4-5-14)26-16-10-21(11-16)19(24)13-3-6-17(25-2)20-9-13/h3,6-9,14,16H,4-5,10-11H2,1-2H3. The van der Waals surface area contributed by atoms with Crippen LogP contribution in [0.5, 0.6) is 11.6 Å². The van der Waals surface area contributed by atoms with Crippen LogP contribution in [0.1, 0.15) is 34.9 Å². The molecule has 1 aliphatic carbocycles. The summed E-state index contributed by atoms with van der Waals surface area (Å²) in [5, 5.41) is 0. The van der Waals surface area contributed by atoms with Gasteiger partial charge in [0.1, 0.15) is 11.9 Å². The molecular formula is C19H21N3O4. The molecule has 4 rings (SSSR count). The molecule has 0 radical (unpaired) electrons. The van der Waals surface area contributed by atoms with Crippen LogP contribution in [-0.2, 0) is 0 Å². The number of carbonyl (C=O) groups is 1. The summed E-state index contributed by atoms with van der Waals surface area (Å²) in [4.78, 5) is 30.4. The molecule has 26 heavy (non-hydrogen) atoms. The zero-order valence-corrected chi connectivity index (χ0v) is 14.8. The number of methoxy groups -OCH3 is 1. The first-order valence-corrected chi connectivity index (χ1v) is 8.74. The Bertz CT molecular complexity index is 881. The van der Waals surface area contributed by atoms with Gasteiger partial charge >= 0.3 is 0 Å². The van der Waals surface area contributed by atoms with Crippen molar-refractivity contribution in [2.45, 2.75) is 31.9 Å². The fourth-order valence-corrected chi connectivity index (χ4v) is 3.23. The van der Waals surface area contributed by atoms with E-state index in [4.69, 9.17) is 9.47 Å². The zero-order valence-electron chi connectivity index (χ0n) is 14.8. The van der Waals surface area contributed by atoms with Gasteiger partial charge in [0.15, 0.2) is 0 Å². The maximum Gasteiger partial charge on any atom is 0.255 e. The Balaban J connectivity index is 1.36. The summed E-state index contributed by atoms with van der Waals surface area (Å²) >= 11 is 0. The van der Waals surface area contributed by atoms with Gasteiger partial charge in [-0.25, -0.2) is 4.98 Å². The molecule has 1 aliphatic heterocycles. The van der Waals surface area contributed by atoms with Gasteiger partial charge in [-0.05, 0) is 31.9 Å². The SMILES string of the molecule is COc1ccc(C(=O)N2CC(Oc3cc(C)n(C4CC4)c(=O)c3)C2)cn1. The van der Waals surface area contributed by atoms with E-state index in [1.807, 2.05) is 17.6 Å². The molecule has 0 atom stereocenters. The minimum absolute atomic E-state index is 0.0148. The quantitative estimate of drug-likeness (QED) is 0.818. The topological polar surface area (TPSA) is 73.7 Å². The highest BCUT2D eigenvalue weighted by Gasteiger charge is 2.33. The van der Waals surface area contributed by atoms with Crippen LogP contribution in [0.15, 0.2) is 35.3 Å². The molecule has 2 aliphatic rings. The monoisotopic (exact) mass is 355 g/mol. The fraction of sp³-hybridized carbons (Fsp3) is 0.421. The van der Waals surface area contributed by atoms with E-state index in [1.54, 1.807) is 23.1 Å². The smallest absolute Gasteiger partial charge is 0.255 e. The maximum absolute atomic E-state index is 12.4. The highest BCUT2D eigenvalue weighted by atomic mass is 16.5. The van der Waals surface area contributed by atoms with E-state index >= 15 is 0 Å². The van der Waals surface area contributed by atoms with Gasteiger partial charge in [-0.15, -0.1) is 0 Å². The Labute approximate surface area is 151 Å². The van der Waals surface area contributed by atoms with E-state index in [2.05, 4.69) is 4.98 Å². The van der Waals surface area contributed by atoms with Crippen molar-refractivity contribution < 1.29 is 14.3 Å². The number of hydrogen-bond donors (Lipinski definition) is 0. The minimum Gasteiger partial charge on any atom is -0.486 e. The van der Waals surface area contributed by atoms with E-state index < -0.39 is 0 Å². The van der Waals surface area contributed by atoms with Crippen molar-refractivity contribution in [2.75, 3.05) is 20.2 Å². The van der Waals surface area contributed by atoms with Gasteiger partial charge in [0.2, 0.25) is 5.88 Å². The molecule has 2 aromatic heterocycles. The summed E-state index contributed by atoms with van der Waals surface area (Å²) < 4.78 is 12.7. The van der Waals surface area contributed by atoms with Crippen LogP contribution in [-0.4, -0.2) is 46.7 Å². The van der Waals surface area contributed by atoms with Crippen LogP contribution < -0.4 is 15.0 Å². The molecule has 1 amide bonds. The van der Waals surface area contributed by atoms with Crippen molar-refractivity contribution in [2.24, 2.45) is 0 Å². The maximum atomic E-state index is 12.4. The predicted molar refractivity (Wildman–Crippen MR) is 94.8 cm³/mol. The number of aromatic nitrogens is 2. The average Bonchev–Trinajstić information content (AvgIpc) is 3.41. The number of aryl methyl sites for hydroxylation is 1. The molecule has 136 valence electrons. The van der Waals surface area contributed by atoms with Gasteiger partial charge < -0.3 is 18.9 Å². The molecule has 2 fully saturated rings. The van der Waals surface area contributed by atoms with Crippen molar-refractivity contribution in [3.05, 3.63) is 52.1 Å². The van der Waals surface area contributed by atoms with Crippen LogP contribution in [0.4, 0.5) is 0 Å². The normalized spacial score (nSPS) is 16.9. The summed E-state index contributed by atoms with van der Waals surface area (Å²) in [5.74, 6) is 0.968. The third-order valence-electron chi connectivity index (χ3n) is 4.78. The summed E-state index contributed by atoms with van der Waals surface area (Å²) in [7, 11) is 1.53. The van der Waals surface area contributed by atoms with E-state index in [1.165, 1.54) is 13.3 Å². The van der Waals surface area contributed by atoms with Gasteiger partial charge in [0.25, 0.3) is 11.5 Å². The largest absolute Gasteiger partial charge is 0.486 e. The van der Waals surface area contributed by atoms with Crippen molar-refractivity contribution in [1.82, 2.24) is 14.5 Å². The Morgan fingerprint density at radius 1 is 1.23 bits per heavy atom. The molecule has 0 bridgehead atoms. The Hall–Kier alpha value is -2.83. The molecule has 0 aromatic carbocycles. The molecule has 7 heteroatoms. The van der Waals surface area contributed by atoms with E-state index in [0.29, 0.717) is 36.3 Å². The number of ether oxygens (including phenoxy) is 2. The predicted octanol–water partition coefficient (Wildman–Crippen LogP) is 1.80. The van der Waals surface area contributed by atoms with Gasteiger partial charge in [-0.2, -0.15) is 0 Å². The van der Waals surface area contributed by atoms with E-state index in [9.17, 15) is 9.59 Å². The molecule has 1 saturated heterocycles. The Kier molecular flexibility index (Phi) is 4.14. The Morgan fingerprint density at radius 2 is 2.00 bits per heavy atom. The number of amides is 1. The van der Waals surface area contributed by atoms with Gasteiger partial charge in [-0.1, -0.05) is 0 Å². The molecule has 0 N–H and O–H groups in total. The van der Waals surface area contributed by atoms with E-state index in [-0.39, 0.29) is 17.6 Å². The van der Waals surface area contributed by atoms with Crippen molar-refractivity contribution >= 4 is 5.91 Å². The number of carbonyl (C=O) groups excluding carboxylic acids is 1. The lowest BCUT2D eigenvalue weighted by molar-refractivity contribution is 0.0176. The second kappa shape index (κ2) is 6.48. The lowest BCUT2D eigenvalue weighted by atomic mass is 10.1. The van der Waals surface area contributed by atoms with Gasteiger partial charge in [-0.3, -0.25) is 9.59 Å². The first kappa shape index (κ1) is 16.6. The van der Waals surface area contributed by atoms with Crippen LogP contribution in [0.3, 0.4) is 0 Å². The van der Waals surface area contributed by atoms with Crippen LogP contribution in [0.25, 0.3) is 0 Å². The van der Waals surface area contributed by atoms with E-state index in [0.717, 1.165) is 18.5 Å². The Morgan fingerprint density at radius 3 is 2.58 bits per heavy atom. The highest BCUT2D eigenvalue weighted by Crippen LogP contribution is 2.35. The molecule has 2 aromatic rings. The fourth-order valence-electron chi connectivity index (χ4n) is 3.23. The third-order valence-corrected chi connectivity index (χ3v) is 4.78. The van der Waals surface area contributed by atoms with Crippen molar-refractivity contribution in [3.63, 3.8) is 0 Å². The summed E-state index contributed by atoms with van der Waals surface area (Å²) in [6, 6.07) is 7.16. The number of hydrogen-bond acceptors (Lipinski definition) is 5. The molecule has 3 heterocycles. The molecular weight excluding hydrogens is 334 g/mol. The molecule has 0 spiro atoms. The second-order valence-electron chi connectivity index (χ2n) is 6.81. The number of nitrogens with zero attached hydrogens (tertiary/aromatic N) is 3. The summed E-state index contributed by atoms with van der Waals surface area (Å²) in [6.45, 7) is 2.92. The first-order valence-electron chi connectivity index (χ1n) is 8.74. The van der Waals surface area contributed by atoms with Crippen LogP contribution in [0.2, 0.25) is 0 Å². The summed E-state index contributed by atoms with van der Waals surface area (Å²) in [5.41, 5.74) is 1.43. The van der Waals surface area contributed by atoms with Crippen LogP contribution >= 0.6 is 0 Å². The second-order valence-corrected chi connectivity index (χ2v) is 6.81. The van der Waals surface area contributed by atoms with Crippen LogP contribution in [0, 0.1) is 6.92 Å². The highest BCUT2D eigenvalue weighted by molar-refractivity contribution is 5.94. The number of rotatable bonds is 5.